The summed E-state index contributed by atoms with van der Waals surface area (Å²) in [6.45, 7) is 0. The van der Waals surface area contributed by atoms with Gasteiger partial charge in [-0.1, -0.05) is 29.3 Å². The van der Waals surface area contributed by atoms with E-state index in [2.05, 4.69) is 9.97 Å². The average Bonchev–Trinajstić information content (AvgIpc) is 2.35. The number of ketones is 1. The van der Waals surface area contributed by atoms with Crippen molar-refractivity contribution < 1.29 is 4.79 Å². The molecule has 0 radical (unpaired) electrons. The standard InChI is InChI=1S/C12H8Cl2N2O/c13-9-2-1-8(5-10(9)14)6-12(17)11-7-15-3-4-16-11/h1-5,7H,6H2. The van der Waals surface area contributed by atoms with Crippen LogP contribution in [0.2, 0.25) is 10.0 Å². The van der Waals surface area contributed by atoms with Crippen LogP contribution in [0, 0.1) is 0 Å². The molecule has 0 aliphatic carbocycles. The number of aromatic nitrogens is 2. The van der Waals surface area contributed by atoms with E-state index >= 15 is 0 Å². The molecule has 17 heavy (non-hydrogen) atoms. The van der Waals surface area contributed by atoms with Gasteiger partial charge in [-0.15, -0.1) is 0 Å². The largest absolute Gasteiger partial charge is 0.292 e. The fraction of sp³-hybridized carbons (Fsp3) is 0.0833. The molecule has 0 saturated carbocycles. The van der Waals surface area contributed by atoms with Crippen molar-refractivity contribution in [3.63, 3.8) is 0 Å². The molecule has 0 atom stereocenters. The Hall–Kier alpha value is -1.45. The summed E-state index contributed by atoms with van der Waals surface area (Å²) in [5.41, 5.74) is 1.15. The van der Waals surface area contributed by atoms with Crippen LogP contribution in [0.1, 0.15) is 16.1 Å². The molecule has 0 aliphatic rings. The second-order valence-corrected chi connectivity index (χ2v) is 4.25. The summed E-state index contributed by atoms with van der Waals surface area (Å²) in [6.07, 6.45) is 4.69. The quantitative estimate of drug-likeness (QED) is 0.802. The molecular weight excluding hydrogens is 259 g/mol. The van der Waals surface area contributed by atoms with Crippen molar-refractivity contribution >= 4 is 29.0 Å². The molecule has 0 aliphatic heterocycles. The Kier molecular flexibility index (Phi) is 3.71. The molecule has 1 aromatic heterocycles. The molecule has 0 fully saturated rings. The van der Waals surface area contributed by atoms with Crippen LogP contribution in [-0.2, 0) is 6.42 Å². The second-order valence-electron chi connectivity index (χ2n) is 3.44. The van der Waals surface area contributed by atoms with Crippen molar-refractivity contribution in [3.8, 4) is 0 Å². The normalized spacial score (nSPS) is 10.2. The maximum Gasteiger partial charge on any atom is 0.187 e. The highest BCUT2D eigenvalue weighted by molar-refractivity contribution is 6.42. The van der Waals surface area contributed by atoms with Crippen LogP contribution in [0.3, 0.4) is 0 Å². The monoisotopic (exact) mass is 266 g/mol. The molecule has 0 spiro atoms. The lowest BCUT2D eigenvalue weighted by Gasteiger charge is -2.02. The predicted molar refractivity (Wildman–Crippen MR) is 66.5 cm³/mol. The third-order valence-electron chi connectivity index (χ3n) is 2.20. The molecule has 5 heteroatoms. The summed E-state index contributed by atoms with van der Waals surface area (Å²) in [6, 6.07) is 5.11. The van der Waals surface area contributed by atoms with Crippen molar-refractivity contribution in [2.24, 2.45) is 0 Å². The molecule has 0 saturated heterocycles. The van der Waals surface area contributed by atoms with Crippen LogP contribution >= 0.6 is 23.2 Å². The highest BCUT2D eigenvalue weighted by Crippen LogP contribution is 2.23. The highest BCUT2D eigenvalue weighted by Gasteiger charge is 2.09. The van der Waals surface area contributed by atoms with E-state index in [0.29, 0.717) is 15.7 Å². The molecule has 0 bridgehead atoms. The van der Waals surface area contributed by atoms with Gasteiger partial charge in [0.05, 0.1) is 16.2 Å². The van der Waals surface area contributed by atoms with Gasteiger partial charge < -0.3 is 0 Å². The maximum absolute atomic E-state index is 11.8. The van der Waals surface area contributed by atoms with E-state index < -0.39 is 0 Å². The van der Waals surface area contributed by atoms with Crippen molar-refractivity contribution in [1.29, 1.82) is 0 Å². The van der Waals surface area contributed by atoms with Gasteiger partial charge in [0.1, 0.15) is 5.69 Å². The van der Waals surface area contributed by atoms with Crippen LogP contribution < -0.4 is 0 Å². The van der Waals surface area contributed by atoms with E-state index in [0.717, 1.165) is 5.56 Å². The number of hydrogen-bond acceptors (Lipinski definition) is 3. The number of carbonyl (C=O) groups is 1. The van der Waals surface area contributed by atoms with Crippen LogP contribution in [0.4, 0.5) is 0 Å². The maximum atomic E-state index is 11.8. The molecule has 2 rings (SSSR count). The van der Waals surface area contributed by atoms with E-state index in [1.807, 2.05) is 0 Å². The zero-order chi connectivity index (χ0) is 12.3. The van der Waals surface area contributed by atoms with E-state index in [1.54, 1.807) is 18.2 Å². The zero-order valence-electron chi connectivity index (χ0n) is 8.73. The number of hydrogen-bond donors (Lipinski definition) is 0. The first-order chi connectivity index (χ1) is 8.16. The summed E-state index contributed by atoms with van der Waals surface area (Å²) >= 11 is 11.7. The molecule has 0 unspecified atom stereocenters. The third-order valence-corrected chi connectivity index (χ3v) is 2.94. The predicted octanol–water partition coefficient (Wildman–Crippen LogP) is 3.21. The first-order valence-electron chi connectivity index (χ1n) is 4.90. The highest BCUT2D eigenvalue weighted by atomic mass is 35.5. The van der Waals surface area contributed by atoms with Gasteiger partial charge in [0, 0.05) is 18.8 Å². The molecule has 3 nitrogen and oxygen atoms in total. The molecule has 0 N–H and O–H groups in total. The van der Waals surface area contributed by atoms with Crippen LogP contribution in [0.15, 0.2) is 36.8 Å². The van der Waals surface area contributed by atoms with Crippen molar-refractivity contribution in [1.82, 2.24) is 9.97 Å². The Morgan fingerprint density at radius 3 is 2.65 bits per heavy atom. The molecule has 0 amide bonds. The number of halogens is 2. The minimum Gasteiger partial charge on any atom is -0.292 e. The summed E-state index contributed by atoms with van der Waals surface area (Å²) in [5, 5.41) is 0.915. The van der Waals surface area contributed by atoms with Gasteiger partial charge >= 0.3 is 0 Å². The minimum absolute atomic E-state index is 0.100. The van der Waals surface area contributed by atoms with Crippen LogP contribution in [0.5, 0.6) is 0 Å². The average molecular weight is 267 g/mol. The summed E-state index contributed by atoms with van der Waals surface area (Å²) < 4.78 is 0. The topological polar surface area (TPSA) is 42.9 Å². The minimum atomic E-state index is -0.100. The Bertz CT molecular complexity index is 543. The number of benzene rings is 1. The van der Waals surface area contributed by atoms with Gasteiger partial charge in [-0.05, 0) is 17.7 Å². The second kappa shape index (κ2) is 5.25. The molecule has 1 heterocycles. The first kappa shape index (κ1) is 12.0. The third kappa shape index (κ3) is 3.02. The zero-order valence-corrected chi connectivity index (χ0v) is 10.2. The smallest absolute Gasteiger partial charge is 0.187 e. The van der Waals surface area contributed by atoms with Gasteiger partial charge in [-0.3, -0.25) is 9.78 Å². The lowest BCUT2D eigenvalue weighted by Crippen LogP contribution is -2.06. The van der Waals surface area contributed by atoms with Crippen molar-refractivity contribution in [3.05, 3.63) is 58.1 Å². The first-order valence-corrected chi connectivity index (χ1v) is 5.65. The summed E-state index contributed by atoms with van der Waals surface area (Å²) in [5.74, 6) is -0.100. The number of nitrogens with zero attached hydrogens (tertiary/aromatic N) is 2. The van der Waals surface area contributed by atoms with E-state index in [9.17, 15) is 4.79 Å². The van der Waals surface area contributed by atoms with Gasteiger partial charge in [0.2, 0.25) is 0 Å². The Morgan fingerprint density at radius 2 is 2.00 bits per heavy atom. The van der Waals surface area contributed by atoms with Crippen molar-refractivity contribution in [2.75, 3.05) is 0 Å². The fourth-order valence-corrected chi connectivity index (χ4v) is 1.69. The van der Waals surface area contributed by atoms with Gasteiger partial charge in [0.15, 0.2) is 5.78 Å². The summed E-state index contributed by atoms with van der Waals surface area (Å²) in [4.78, 5) is 19.6. The number of carbonyl (C=O) groups excluding carboxylic acids is 1. The number of rotatable bonds is 3. The Balaban J connectivity index is 2.16. The Morgan fingerprint density at radius 1 is 1.18 bits per heavy atom. The van der Waals surface area contributed by atoms with Gasteiger partial charge in [-0.2, -0.15) is 0 Å². The van der Waals surface area contributed by atoms with Gasteiger partial charge in [-0.25, -0.2) is 4.98 Å². The number of Topliss-reactive ketones (excluding diaryl/α,β-unsaturated/α-hetero) is 1. The molecule has 2 aromatic rings. The van der Waals surface area contributed by atoms with E-state index in [1.165, 1.54) is 18.6 Å². The Labute approximate surface area is 108 Å². The molecule has 86 valence electrons. The lowest BCUT2D eigenvalue weighted by molar-refractivity contribution is 0.0988. The summed E-state index contributed by atoms with van der Waals surface area (Å²) in [7, 11) is 0. The fourth-order valence-electron chi connectivity index (χ4n) is 1.37. The van der Waals surface area contributed by atoms with E-state index in [4.69, 9.17) is 23.2 Å². The van der Waals surface area contributed by atoms with Gasteiger partial charge in [0.25, 0.3) is 0 Å². The van der Waals surface area contributed by atoms with E-state index in [-0.39, 0.29) is 12.2 Å². The molecule has 1 aromatic carbocycles. The van der Waals surface area contributed by atoms with Crippen LogP contribution in [-0.4, -0.2) is 15.8 Å². The molecular formula is C12H8Cl2N2O. The van der Waals surface area contributed by atoms with Crippen LogP contribution in [0.25, 0.3) is 0 Å². The lowest BCUT2D eigenvalue weighted by atomic mass is 10.1. The SMILES string of the molecule is O=C(Cc1ccc(Cl)c(Cl)c1)c1cnccn1. The van der Waals surface area contributed by atoms with Crippen molar-refractivity contribution in [2.45, 2.75) is 6.42 Å².